The molecule has 0 bridgehead atoms. The number of ether oxygens (including phenoxy) is 2. The highest BCUT2D eigenvalue weighted by Gasteiger charge is 2.21. The SMILES string of the molecule is CC(C)(N)C(=O)NCCc1ccc2c(c1)OCO2. The second-order valence-electron chi connectivity index (χ2n) is 4.92. The van der Waals surface area contributed by atoms with Crippen LogP contribution in [0.3, 0.4) is 0 Å². The highest BCUT2D eigenvalue weighted by atomic mass is 16.7. The molecule has 0 atom stereocenters. The minimum atomic E-state index is -0.838. The first-order valence-corrected chi connectivity index (χ1v) is 5.92. The first-order chi connectivity index (χ1) is 8.47. The van der Waals surface area contributed by atoms with E-state index in [1.165, 1.54) is 0 Å². The van der Waals surface area contributed by atoms with Crippen molar-refractivity contribution in [2.75, 3.05) is 13.3 Å². The maximum absolute atomic E-state index is 11.6. The number of hydrogen-bond donors (Lipinski definition) is 2. The minimum absolute atomic E-state index is 0.150. The molecule has 18 heavy (non-hydrogen) atoms. The first kappa shape index (κ1) is 12.7. The van der Waals surface area contributed by atoms with Crippen LogP contribution in [0.5, 0.6) is 11.5 Å². The van der Waals surface area contributed by atoms with Crippen molar-refractivity contribution in [1.82, 2.24) is 5.32 Å². The van der Waals surface area contributed by atoms with Crippen molar-refractivity contribution in [3.05, 3.63) is 23.8 Å². The van der Waals surface area contributed by atoms with E-state index in [1.54, 1.807) is 13.8 Å². The number of benzene rings is 1. The molecule has 1 amide bonds. The van der Waals surface area contributed by atoms with E-state index in [0.717, 1.165) is 23.5 Å². The molecule has 0 saturated heterocycles. The second-order valence-corrected chi connectivity index (χ2v) is 4.92. The summed E-state index contributed by atoms with van der Waals surface area (Å²) in [6, 6.07) is 5.78. The molecule has 0 unspecified atom stereocenters. The Hall–Kier alpha value is -1.75. The van der Waals surface area contributed by atoms with Crippen LogP contribution in [0.4, 0.5) is 0 Å². The van der Waals surface area contributed by atoms with Crippen molar-refractivity contribution in [3.63, 3.8) is 0 Å². The summed E-state index contributed by atoms with van der Waals surface area (Å²) in [6.45, 7) is 4.20. The van der Waals surface area contributed by atoms with Crippen molar-refractivity contribution in [2.45, 2.75) is 25.8 Å². The molecule has 3 N–H and O–H groups in total. The molecule has 0 radical (unpaired) electrons. The Bertz CT molecular complexity index is 452. The highest BCUT2D eigenvalue weighted by molar-refractivity contribution is 5.84. The predicted octanol–water partition coefficient (Wildman–Crippen LogP) is 0.811. The number of fused-ring (bicyclic) bond motifs is 1. The van der Waals surface area contributed by atoms with Gasteiger partial charge >= 0.3 is 0 Å². The zero-order chi connectivity index (χ0) is 13.2. The Balaban J connectivity index is 1.86. The fourth-order valence-corrected chi connectivity index (χ4v) is 1.64. The summed E-state index contributed by atoms with van der Waals surface area (Å²) in [5.74, 6) is 1.38. The van der Waals surface area contributed by atoms with Crippen molar-refractivity contribution >= 4 is 5.91 Å². The topological polar surface area (TPSA) is 73.6 Å². The van der Waals surface area contributed by atoms with Gasteiger partial charge in [0.15, 0.2) is 11.5 Å². The molecular weight excluding hydrogens is 232 g/mol. The number of rotatable bonds is 4. The van der Waals surface area contributed by atoms with E-state index in [9.17, 15) is 4.79 Å². The number of amides is 1. The van der Waals surface area contributed by atoms with Crippen LogP contribution in [-0.4, -0.2) is 24.8 Å². The molecule has 98 valence electrons. The van der Waals surface area contributed by atoms with Crippen LogP contribution in [0.1, 0.15) is 19.4 Å². The molecule has 0 aliphatic carbocycles. The number of carbonyl (C=O) groups is 1. The van der Waals surface area contributed by atoms with Crippen molar-refractivity contribution in [3.8, 4) is 11.5 Å². The largest absolute Gasteiger partial charge is 0.454 e. The van der Waals surface area contributed by atoms with Crippen molar-refractivity contribution in [2.24, 2.45) is 5.73 Å². The summed E-state index contributed by atoms with van der Waals surface area (Å²) in [6.07, 6.45) is 0.735. The smallest absolute Gasteiger partial charge is 0.239 e. The van der Waals surface area contributed by atoms with Gasteiger partial charge in [0.05, 0.1) is 5.54 Å². The fourth-order valence-electron chi connectivity index (χ4n) is 1.64. The fraction of sp³-hybridized carbons (Fsp3) is 0.462. The number of nitrogens with two attached hydrogens (primary N) is 1. The molecule has 1 aromatic carbocycles. The summed E-state index contributed by atoms with van der Waals surface area (Å²) in [5.41, 5.74) is 5.94. The zero-order valence-corrected chi connectivity index (χ0v) is 10.7. The van der Waals surface area contributed by atoms with Crippen molar-refractivity contribution < 1.29 is 14.3 Å². The van der Waals surface area contributed by atoms with Gasteiger partial charge < -0.3 is 20.5 Å². The quantitative estimate of drug-likeness (QED) is 0.829. The molecule has 1 aliphatic heterocycles. The van der Waals surface area contributed by atoms with Crippen LogP contribution in [0.15, 0.2) is 18.2 Å². The summed E-state index contributed by atoms with van der Waals surface area (Å²) in [5, 5.41) is 2.80. The Morgan fingerprint density at radius 2 is 2.11 bits per heavy atom. The molecule has 0 fully saturated rings. The Morgan fingerprint density at radius 3 is 2.83 bits per heavy atom. The standard InChI is InChI=1S/C13H18N2O3/c1-13(2,14)12(16)15-6-5-9-3-4-10-11(7-9)18-8-17-10/h3-4,7H,5-6,8,14H2,1-2H3,(H,15,16). The third-order valence-corrected chi connectivity index (χ3v) is 2.72. The molecule has 0 spiro atoms. The van der Waals surface area contributed by atoms with E-state index in [-0.39, 0.29) is 12.7 Å². The Morgan fingerprint density at radius 1 is 1.39 bits per heavy atom. The third kappa shape index (κ3) is 2.92. The molecule has 0 saturated carbocycles. The van der Waals surface area contributed by atoms with Gasteiger partial charge in [0.25, 0.3) is 0 Å². The molecule has 2 rings (SSSR count). The molecule has 5 heteroatoms. The first-order valence-electron chi connectivity index (χ1n) is 5.92. The van der Waals surface area contributed by atoms with Gasteiger partial charge in [-0.05, 0) is 38.0 Å². The van der Waals surface area contributed by atoms with Crippen LogP contribution in [0.2, 0.25) is 0 Å². The van der Waals surface area contributed by atoms with E-state index >= 15 is 0 Å². The van der Waals surface area contributed by atoms with Gasteiger partial charge in [0, 0.05) is 6.54 Å². The van der Waals surface area contributed by atoms with Gasteiger partial charge in [0.1, 0.15) is 0 Å². The number of nitrogens with one attached hydrogen (secondary N) is 1. The second kappa shape index (κ2) is 4.86. The summed E-state index contributed by atoms with van der Waals surface area (Å²) >= 11 is 0. The van der Waals surface area contributed by atoms with Crippen LogP contribution >= 0.6 is 0 Å². The van der Waals surface area contributed by atoms with Crippen molar-refractivity contribution in [1.29, 1.82) is 0 Å². The average Bonchev–Trinajstić information content (AvgIpc) is 2.74. The molecule has 1 heterocycles. The Kier molecular flexibility index (Phi) is 3.43. The normalized spacial score (nSPS) is 13.5. The number of carbonyl (C=O) groups excluding carboxylic acids is 1. The molecular formula is C13H18N2O3. The van der Waals surface area contributed by atoms with Gasteiger partial charge in [-0.1, -0.05) is 6.07 Å². The summed E-state index contributed by atoms with van der Waals surface area (Å²) < 4.78 is 10.5. The van der Waals surface area contributed by atoms with Gasteiger partial charge in [-0.3, -0.25) is 4.79 Å². The van der Waals surface area contributed by atoms with Crippen LogP contribution < -0.4 is 20.5 Å². The lowest BCUT2D eigenvalue weighted by molar-refractivity contribution is -0.125. The van der Waals surface area contributed by atoms with Gasteiger partial charge in [-0.15, -0.1) is 0 Å². The van der Waals surface area contributed by atoms with Crippen LogP contribution in [0, 0.1) is 0 Å². The zero-order valence-electron chi connectivity index (χ0n) is 10.7. The lowest BCUT2D eigenvalue weighted by Crippen LogP contribution is -2.49. The molecule has 0 aromatic heterocycles. The number of hydrogen-bond acceptors (Lipinski definition) is 4. The minimum Gasteiger partial charge on any atom is -0.454 e. The summed E-state index contributed by atoms with van der Waals surface area (Å²) in [7, 11) is 0. The lowest BCUT2D eigenvalue weighted by atomic mass is 10.1. The molecule has 5 nitrogen and oxygen atoms in total. The maximum Gasteiger partial charge on any atom is 0.239 e. The molecule has 1 aromatic rings. The highest BCUT2D eigenvalue weighted by Crippen LogP contribution is 2.32. The monoisotopic (exact) mass is 250 g/mol. The van der Waals surface area contributed by atoms with Gasteiger partial charge in [-0.2, -0.15) is 0 Å². The Labute approximate surface area is 106 Å². The average molecular weight is 250 g/mol. The third-order valence-electron chi connectivity index (χ3n) is 2.72. The van der Waals surface area contributed by atoms with E-state index in [0.29, 0.717) is 6.54 Å². The van der Waals surface area contributed by atoms with Gasteiger partial charge in [-0.25, -0.2) is 0 Å². The van der Waals surface area contributed by atoms with E-state index in [2.05, 4.69) is 5.32 Å². The van der Waals surface area contributed by atoms with Crippen LogP contribution in [0.25, 0.3) is 0 Å². The predicted molar refractivity (Wildman–Crippen MR) is 67.5 cm³/mol. The van der Waals surface area contributed by atoms with E-state index in [1.807, 2.05) is 18.2 Å². The van der Waals surface area contributed by atoms with E-state index in [4.69, 9.17) is 15.2 Å². The van der Waals surface area contributed by atoms with Gasteiger partial charge in [0.2, 0.25) is 12.7 Å². The van der Waals surface area contributed by atoms with Crippen LogP contribution in [-0.2, 0) is 11.2 Å². The summed E-state index contributed by atoms with van der Waals surface area (Å²) in [4.78, 5) is 11.6. The lowest BCUT2D eigenvalue weighted by Gasteiger charge is -2.17. The maximum atomic E-state index is 11.6. The molecule has 1 aliphatic rings. The van der Waals surface area contributed by atoms with E-state index < -0.39 is 5.54 Å².